The summed E-state index contributed by atoms with van der Waals surface area (Å²) in [5, 5.41) is 5.60. The van der Waals surface area contributed by atoms with Gasteiger partial charge in [-0.3, -0.25) is 4.79 Å². The van der Waals surface area contributed by atoms with E-state index in [1.807, 2.05) is 0 Å². The van der Waals surface area contributed by atoms with Crippen LogP contribution in [0.4, 0.5) is 0 Å². The Morgan fingerprint density at radius 1 is 1.53 bits per heavy atom. The maximum Gasteiger partial charge on any atom is 0.241 e. The molecule has 84 valence electrons. The molecule has 0 bridgehead atoms. The second-order valence-electron chi connectivity index (χ2n) is 3.62. The first-order valence-electron chi connectivity index (χ1n) is 5.13. The van der Waals surface area contributed by atoms with Crippen molar-refractivity contribution in [2.45, 2.75) is 12.8 Å². The van der Waals surface area contributed by atoms with Gasteiger partial charge < -0.3 is 16.4 Å². The fourth-order valence-corrected chi connectivity index (χ4v) is 1.03. The minimum atomic E-state index is -0.0785. The van der Waals surface area contributed by atoms with Crippen molar-refractivity contribution in [3.05, 3.63) is 12.7 Å². The number of guanidine groups is 1. The molecule has 0 aromatic carbocycles. The van der Waals surface area contributed by atoms with E-state index in [2.05, 4.69) is 22.2 Å². The van der Waals surface area contributed by atoms with Crippen molar-refractivity contribution in [1.29, 1.82) is 0 Å². The monoisotopic (exact) mass is 210 g/mol. The van der Waals surface area contributed by atoms with Gasteiger partial charge in [-0.1, -0.05) is 6.08 Å². The van der Waals surface area contributed by atoms with Crippen LogP contribution in [0.2, 0.25) is 0 Å². The first-order chi connectivity index (χ1) is 7.22. The average molecular weight is 210 g/mol. The lowest BCUT2D eigenvalue weighted by atomic mass is 10.4. The van der Waals surface area contributed by atoms with Gasteiger partial charge in [0.25, 0.3) is 0 Å². The van der Waals surface area contributed by atoms with Gasteiger partial charge >= 0.3 is 0 Å². The number of amides is 1. The quantitative estimate of drug-likeness (QED) is 0.317. The van der Waals surface area contributed by atoms with Crippen LogP contribution in [0.1, 0.15) is 12.8 Å². The van der Waals surface area contributed by atoms with Gasteiger partial charge in [0.2, 0.25) is 5.91 Å². The molecule has 15 heavy (non-hydrogen) atoms. The van der Waals surface area contributed by atoms with Gasteiger partial charge in [0.1, 0.15) is 6.54 Å². The number of nitrogens with two attached hydrogens (primary N) is 1. The van der Waals surface area contributed by atoms with E-state index in [1.54, 1.807) is 6.08 Å². The molecule has 0 atom stereocenters. The highest BCUT2D eigenvalue weighted by molar-refractivity contribution is 5.83. The molecule has 0 saturated heterocycles. The van der Waals surface area contributed by atoms with Crippen LogP contribution >= 0.6 is 0 Å². The van der Waals surface area contributed by atoms with Crippen LogP contribution in [0, 0.1) is 5.92 Å². The summed E-state index contributed by atoms with van der Waals surface area (Å²) in [7, 11) is 0. The number of nitrogens with one attached hydrogen (secondary N) is 2. The summed E-state index contributed by atoms with van der Waals surface area (Å²) in [6, 6.07) is 0. The van der Waals surface area contributed by atoms with Gasteiger partial charge in [0, 0.05) is 13.1 Å². The van der Waals surface area contributed by atoms with Crippen LogP contribution in [0.5, 0.6) is 0 Å². The topological polar surface area (TPSA) is 79.5 Å². The Hall–Kier alpha value is -1.52. The minimum Gasteiger partial charge on any atom is -0.370 e. The van der Waals surface area contributed by atoms with E-state index in [0.717, 1.165) is 6.54 Å². The molecule has 0 spiro atoms. The van der Waals surface area contributed by atoms with Crippen LogP contribution in [-0.4, -0.2) is 31.5 Å². The molecule has 1 aliphatic carbocycles. The van der Waals surface area contributed by atoms with Crippen molar-refractivity contribution in [3.8, 4) is 0 Å². The highest BCUT2D eigenvalue weighted by Gasteiger charge is 2.21. The summed E-state index contributed by atoms with van der Waals surface area (Å²) in [6.45, 7) is 4.94. The van der Waals surface area contributed by atoms with Crippen molar-refractivity contribution >= 4 is 11.9 Å². The standard InChI is InChI=1S/C10H18N4O/c1-2-5-12-10(11)14-7-9(15)13-6-8-3-4-8/h2,8H,1,3-7H2,(H,13,15)(H3,11,12,14). The van der Waals surface area contributed by atoms with Gasteiger partial charge in [-0.25, -0.2) is 4.99 Å². The Bertz CT molecular complexity index is 258. The molecule has 0 aromatic heterocycles. The van der Waals surface area contributed by atoms with Crippen molar-refractivity contribution in [1.82, 2.24) is 10.6 Å². The fourth-order valence-electron chi connectivity index (χ4n) is 1.03. The molecule has 5 heteroatoms. The van der Waals surface area contributed by atoms with Crippen LogP contribution in [-0.2, 0) is 4.79 Å². The van der Waals surface area contributed by atoms with Crippen molar-refractivity contribution in [2.24, 2.45) is 16.6 Å². The molecule has 1 amide bonds. The highest BCUT2D eigenvalue weighted by Crippen LogP contribution is 2.27. The number of aliphatic imine (C=N–C) groups is 1. The Labute approximate surface area is 89.8 Å². The zero-order valence-corrected chi connectivity index (χ0v) is 8.83. The minimum absolute atomic E-state index is 0.0785. The molecule has 0 aliphatic heterocycles. The van der Waals surface area contributed by atoms with Gasteiger partial charge in [-0.15, -0.1) is 6.58 Å². The van der Waals surface area contributed by atoms with Crippen molar-refractivity contribution in [3.63, 3.8) is 0 Å². The van der Waals surface area contributed by atoms with Crippen molar-refractivity contribution in [2.75, 3.05) is 19.6 Å². The van der Waals surface area contributed by atoms with Crippen LogP contribution in [0.15, 0.2) is 17.6 Å². The maximum atomic E-state index is 11.2. The number of hydrogen-bond donors (Lipinski definition) is 3. The van der Waals surface area contributed by atoms with E-state index in [9.17, 15) is 4.79 Å². The van der Waals surface area contributed by atoms with E-state index in [-0.39, 0.29) is 18.4 Å². The highest BCUT2D eigenvalue weighted by atomic mass is 16.1. The zero-order valence-electron chi connectivity index (χ0n) is 8.83. The van der Waals surface area contributed by atoms with Gasteiger partial charge in [0.05, 0.1) is 0 Å². The molecule has 5 nitrogen and oxygen atoms in total. The second kappa shape index (κ2) is 6.06. The Morgan fingerprint density at radius 2 is 2.27 bits per heavy atom. The summed E-state index contributed by atoms with van der Waals surface area (Å²) < 4.78 is 0. The summed E-state index contributed by atoms with van der Waals surface area (Å²) in [5.41, 5.74) is 5.49. The Morgan fingerprint density at radius 3 is 2.87 bits per heavy atom. The normalized spacial score (nSPS) is 15.9. The molecular weight excluding hydrogens is 192 g/mol. The van der Waals surface area contributed by atoms with Gasteiger partial charge in [-0.05, 0) is 18.8 Å². The van der Waals surface area contributed by atoms with Crippen LogP contribution in [0.25, 0.3) is 0 Å². The van der Waals surface area contributed by atoms with Crippen LogP contribution in [0.3, 0.4) is 0 Å². The first-order valence-corrected chi connectivity index (χ1v) is 5.13. The van der Waals surface area contributed by atoms with Crippen molar-refractivity contribution < 1.29 is 4.79 Å². The van der Waals surface area contributed by atoms with Crippen LogP contribution < -0.4 is 16.4 Å². The second-order valence-corrected chi connectivity index (χ2v) is 3.62. The third-order valence-electron chi connectivity index (χ3n) is 2.11. The lowest BCUT2D eigenvalue weighted by Gasteiger charge is -2.03. The van der Waals surface area contributed by atoms with E-state index in [4.69, 9.17) is 5.73 Å². The lowest BCUT2D eigenvalue weighted by molar-refractivity contribution is -0.119. The molecule has 0 radical (unpaired) electrons. The third-order valence-corrected chi connectivity index (χ3v) is 2.11. The molecule has 0 heterocycles. The largest absolute Gasteiger partial charge is 0.370 e. The summed E-state index contributed by atoms with van der Waals surface area (Å²) >= 11 is 0. The van der Waals surface area contributed by atoms with E-state index < -0.39 is 0 Å². The Kier molecular flexibility index (Phi) is 4.66. The molecule has 0 unspecified atom stereocenters. The number of nitrogens with zero attached hydrogens (tertiary/aromatic N) is 1. The summed E-state index contributed by atoms with van der Waals surface area (Å²) in [4.78, 5) is 15.1. The molecule has 1 aliphatic rings. The molecule has 1 fully saturated rings. The zero-order chi connectivity index (χ0) is 11.1. The lowest BCUT2D eigenvalue weighted by Crippen LogP contribution is -2.34. The van der Waals surface area contributed by atoms with Gasteiger partial charge in [0.15, 0.2) is 5.96 Å². The van der Waals surface area contributed by atoms with E-state index >= 15 is 0 Å². The molecule has 1 saturated carbocycles. The predicted molar refractivity (Wildman–Crippen MR) is 60.4 cm³/mol. The summed E-state index contributed by atoms with van der Waals surface area (Å²) in [6.07, 6.45) is 4.13. The van der Waals surface area contributed by atoms with E-state index in [0.29, 0.717) is 12.5 Å². The number of hydrogen-bond acceptors (Lipinski definition) is 2. The van der Waals surface area contributed by atoms with Gasteiger partial charge in [-0.2, -0.15) is 0 Å². The number of rotatable bonds is 6. The summed E-state index contributed by atoms with van der Waals surface area (Å²) in [5.74, 6) is 0.885. The van der Waals surface area contributed by atoms with E-state index in [1.165, 1.54) is 12.8 Å². The molecular formula is C10H18N4O. The molecule has 1 rings (SSSR count). The Balaban J connectivity index is 2.09. The predicted octanol–water partition coefficient (Wildman–Crippen LogP) is -0.397. The molecule has 4 N–H and O–H groups in total. The number of carbonyl (C=O) groups excluding carboxylic acids is 1. The maximum absolute atomic E-state index is 11.2. The number of carbonyl (C=O) groups is 1. The smallest absolute Gasteiger partial charge is 0.241 e. The fraction of sp³-hybridized carbons (Fsp3) is 0.600. The third kappa shape index (κ3) is 5.72. The molecule has 0 aromatic rings. The SMILES string of the molecule is C=CCNC(N)=NCC(=O)NCC1CC1. The average Bonchev–Trinajstić information content (AvgIpc) is 3.04. The first kappa shape index (κ1) is 11.6.